The van der Waals surface area contributed by atoms with Crippen molar-refractivity contribution < 1.29 is 13.9 Å². The monoisotopic (exact) mass is 421 g/mol. The van der Waals surface area contributed by atoms with E-state index in [2.05, 4.69) is 4.90 Å². The van der Waals surface area contributed by atoms with Crippen LogP contribution < -0.4 is 10.6 Å². The van der Waals surface area contributed by atoms with Gasteiger partial charge in [0.05, 0.1) is 6.10 Å². The molecule has 2 aliphatic rings. The number of nitrogens with two attached hydrogens (primary N) is 1. The summed E-state index contributed by atoms with van der Waals surface area (Å²) in [6.07, 6.45) is 0.608. The average molecular weight is 422 g/mol. The Balaban J connectivity index is 0.00000182. The fraction of sp³-hybridized carbons (Fsp3) is 0.632. The highest BCUT2D eigenvalue weighted by atomic mass is 35.5. The minimum Gasteiger partial charge on any atom is -0.378 e. The molecule has 0 spiro atoms. The maximum absolute atomic E-state index is 13.1. The smallest absolute Gasteiger partial charge is 0.243 e. The van der Waals surface area contributed by atoms with E-state index in [1.165, 1.54) is 12.1 Å². The maximum atomic E-state index is 13.1. The Morgan fingerprint density at radius 2 is 1.74 bits per heavy atom. The van der Waals surface area contributed by atoms with Gasteiger partial charge in [-0.3, -0.25) is 4.79 Å². The second-order valence-corrected chi connectivity index (χ2v) is 7.60. The van der Waals surface area contributed by atoms with Gasteiger partial charge in [0, 0.05) is 50.3 Å². The van der Waals surface area contributed by atoms with E-state index >= 15 is 0 Å². The zero-order valence-corrected chi connectivity index (χ0v) is 17.7. The first-order chi connectivity index (χ1) is 11.8. The largest absolute Gasteiger partial charge is 0.378 e. The fourth-order valence-corrected chi connectivity index (χ4v) is 3.90. The molecule has 0 aromatic heterocycles. The van der Waals surface area contributed by atoms with Crippen LogP contribution in [0.1, 0.15) is 27.2 Å². The molecule has 2 fully saturated rings. The zero-order chi connectivity index (χ0) is 18.2. The summed E-state index contributed by atoms with van der Waals surface area (Å²) in [5.41, 5.74) is 6.27. The number of carbonyl (C=O) groups is 1. The molecule has 1 aliphatic heterocycles. The van der Waals surface area contributed by atoms with Crippen molar-refractivity contribution in [1.82, 2.24) is 4.90 Å². The molecular formula is C19H30Cl2FN3O2. The lowest BCUT2D eigenvalue weighted by atomic mass is 9.54. The molecular weight excluding hydrogens is 392 g/mol. The van der Waals surface area contributed by atoms with Crippen molar-refractivity contribution in [2.75, 3.05) is 37.7 Å². The number of hydrogen-bond acceptors (Lipinski definition) is 4. The fourth-order valence-electron chi connectivity index (χ4n) is 3.90. The van der Waals surface area contributed by atoms with Gasteiger partial charge in [-0.1, -0.05) is 13.8 Å². The van der Waals surface area contributed by atoms with Crippen LogP contribution in [0.15, 0.2) is 24.3 Å². The van der Waals surface area contributed by atoms with Crippen molar-refractivity contribution in [3.8, 4) is 0 Å². The molecule has 8 heteroatoms. The third kappa shape index (κ3) is 4.19. The van der Waals surface area contributed by atoms with Crippen molar-refractivity contribution in [3.63, 3.8) is 0 Å². The van der Waals surface area contributed by atoms with Crippen LogP contribution >= 0.6 is 24.8 Å². The van der Waals surface area contributed by atoms with Crippen molar-refractivity contribution in [2.45, 2.75) is 38.8 Å². The molecule has 27 heavy (non-hydrogen) atoms. The third-order valence-corrected chi connectivity index (χ3v) is 5.97. The summed E-state index contributed by atoms with van der Waals surface area (Å²) in [4.78, 5) is 17.1. The highest BCUT2D eigenvalue weighted by molar-refractivity contribution is 5.89. The number of nitrogens with zero attached hydrogens (tertiary/aromatic N) is 2. The Bertz CT molecular complexity index is 636. The molecule has 2 atom stereocenters. The van der Waals surface area contributed by atoms with E-state index in [0.717, 1.165) is 18.8 Å². The van der Waals surface area contributed by atoms with Gasteiger partial charge in [-0.15, -0.1) is 24.8 Å². The highest BCUT2D eigenvalue weighted by Crippen LogP contribution is 2.50. The molecule has 1 aromatic carbocycles. The van der Waals surface area contributed by atoms with Crippen LogP contribution in [0.25, 0.3) is 0 Å². The van der Waals surface area contributed by atoms with Gasteiger partial charge in [-0.25, -0.2) is 4.39 Å². The topological polar surface area (TPSA) is 58.8 Å². The SMILES string of the molecule is CCOC1CC(N)(C(=O)N2CCN(c3ccc(F)cc3)CC2)C1(C)C.Cl.Cl. The maximum Gasteiger partial charge on any atom is 0.243 e. The second-order valence-electron chi connectivity index (χ2n) is 7.60. The predicted molar refractivity (Wildman–Crippen MR) is 110 cm³/mol. The molecule has 0 bridgehead atoms. The first-order valence-corrected chi connectivity index (χ1v) is 9.00. The molecule has 154 valence electrons. The van der Waals surface area contributed by atoms with Gasteiger partial charge in [0.25, 0.3) is 0 Å². The summed E-state index contributed by atoms with van der Waals surface area (Å²) in [5.74, 6) is -0.217. The van der Waals surface area contributed by atoms with Gasteiger partial charge in [-0.05, 0) is 31.2 Å². The number of amides is 1. The van der Waals surface area contributed by atoms with Crippen molar-refractivity contribution in [3.05, 3.63) is 30.1 Å². The minimum atomic E-state index is -0.856. The van der Waals surface area contributed by atoms with Gasteiger partial charge in [0.1, 0.15) is 11.4 Å². The summed E-state index contributed by atoms with van der Waals surface area (Å²) >= 11 is 0. The normalized spacial score (nSPS) is 26.5. The Kier molecular flexibility index (Phi) is 7.94. The van der Waals surface area contributed by atoms with E-state index in [-0.39, 0.29) is 48.1 Å². The summed E-state index contributed by atoms with van der Waals surface area (Å²) in [5, 5.41) is 0. The Hall–Kier alpha value is -1.08. The standard InChI is InChI=1S/C19H28FN3O2.2ClH/c1-4-25-16-13-19(21,18(16,2)3)17(24)23-11-9-22(10-12-23)15-7-5-14(20)6-8-15;;/h5-8,16H,4,9-13,21H2,1-3H3;2*1H. The lowest BCUT2D eigenvalue weighted by molar-refractivity contribution is -0.179. The van der Waals surface area contributed by atoms with Crippen LogP contribution in [-0.4, -0.2) is 55.2 Å². The van der Waals surface area contributed by atoms with Crippen LogP contribution in [0.3, 0.4) is 0 Å². The lowest BCUT2D eigenvalue weighted by Crippen LogP contribution is -2.76. The van der Waals surface area contributed by atoms with Crippen LogP contribution in [0.2, 0.25) is 0 Å². The second kappa shape index (κ2) is 8.95. The molecule has 5 nitrogen and oxygen atoms in total. The minimum absolute atomic E-state index is 0. The number of anilines is 1. The van der Waals surface area contributed by atoms with Crippen molar-refractivity contribution >= 4 is 36.4 Å². The number of rotatable bonds is 4. The van der Waals surface area contributed by atoms with E-state index in [4.69, 9.17) is 10.5 Å². The number of hydrogen-bond donors (Lipinski definition) is 1. The number of piperazine rings is 1. The molecule has 1 aliphatic carbocycles. The third-order valence-electron chi connectivity index (χ3n) is 5.97. The Morgan fingerprint density at radius 3 is 2.22 bits per heavy atom. The van der Waals surface area contributed by atoms with E-state index in [1.54, 1.807) is 12.1 Å². The van der Waals surface area contributed by atoms with Gasteiger partial charge in [0.2, 0.25) is 5.91 Å². The molecule has 1 saturated carbocycles. The summed E-state index contributed by atoms with van der Waals surface area (Å²) in [6.45, 7) is 9.34. The Labute approximate surface area is 173 Å². The van der Waals surface area contributed by atoms with E-state index in [1.807, 2.05) is 25.7 Å². The van der Waals surface area contributed by atoms with Crippen LogP contribution in [-0.2, 0) is 9.53 Å². The number of halogens is 3. The van der Waals surface area contributed by atoms with Crippen molar-refractivity contribution in [1.29, 1.82) is 0 Å². The van der Waals surface area contributed by atoms with Gasteiger partial charge in [-0.2, -0.15) is 0 Å². The highest BCUT2D eigenvalue weighted by Gasteiger charge is 2.63. The van der Waals surface area contributed by atoms with Gasteiger partial charge < -0.3 is 20.3 Å². The van der Waals surface area contributed by atoms with E-state index < -0.39 is 5.54 Å². The molecule has 2 unspecified atom stereocenters. The van der Waals surface area contributed by atoms with Gasteiger partial charge in [0.15, 0.2) is 0 Å². The number of carbonyl (C=O) groups excluding carboxylic acids is 1. The van der Waals surface area contributed by atoms with Crippen LogP contribution in [0.4, 0.5) is 10.1 Å². The summed E-state index contributed by atoms with van der Waals surface area (Å²) < 4.78 is 18.8. The predicted octanol–water partition coefficient (Wildman–Crippen LogP) is 2.85. The first-order valence-electron chi connectivity index (χ1n) is 9.00. The molecule has 2 N–H and O–H groups in total. The zero-order valence-electron chi connectivity index (χ0n) is 16.1. The molecule has 0 radical (unpaired) electrons. The Morgan fingerprint density at radius 1 is 1.19 bits per heavy atom. The number of benzene rings is 1. The van der Waals surface area contributed by atoms with Crippen molar-refractivity contribution in [2.24, 2.45) is 11.1 Å². The first kappa shape index (κ1) is 24.0. The molecule has 1 saturated heterocycles. The molecule has 3 rings (SSSR count). The van der Waals surface area contributed by atoms with E-state index in [9.17, 15) is 9.18 Å². The quantitative estimate of drug-likeness (QED) is 0.811. The molecule has 1 amide bonds. The summed E-state index contributed by atoms with van der Waals surface area (Å²) in [7, 11) is 0. The van der Waals surface area contributed by atoms with Crippen LogP contribution in [0, 0.1) is 11.2 Å². The lowest BCUT2D eigenvalue weighted by Gasteiger charge is -2.59. The molecule has 1 heterocycles. The number of ether oxygens (including phenoxy) is 1. The summed E-state index contributed by atoms with van der Waals surface area (Å²) in [6, 6.07) is 6.48. The average Bonchev–Trinajstić information content (AvgIpc) is 2.61. The van der Waals surface area contributed by atoms with E-state index in [0.29, 0.717) is 26.1 Å². The van der Waals surface area contributed by atoms with Gasteiger partial charge >= 0.3 is 0 Å². The van der Waals surface area contributed by atoms with Crippen LogP contribution in [0.5, 0.6) is 0 Å². The molecule has 1 aromatic rings.